The lowest BCUT2D eigenvalue weighted by atomic mass is 9.64. The Morgan fingerprint density at radius 1 is 1.57 bits per heavy atom. The molecule has 0 bridgehead atoms. The first-order valence-corrected chi connectivity index (χ1v) is 7.24. The Hall–Kier alpha value is -1.69. The third-order valence-corrected chi connectivity index (χ3v) is 4.59. The van der Waals surface area contributed by atoms with E-state index in [4.69, 9.17) is 4.74 Å². The highest BCUT2D eigenvalue weighted by atomic mass is 16.6. The van der Waals surface area contributed by atoms with E-state index in [0.29, 0.717) is 11.6 Å². The van der Waals surface area contributed by atoms with Crippen LogP contribution in [0.5, 0.6) is 0 Å². The van der Waals surface area contributed by atoms with Gasteiger partial charge in [0.05, 0.1) is 11.0 Å². The van der Waals surface area contributed by atoms with Gasteiger partial charge in [-0.25, -0.2) is 4.98 Å². The molecular formula is C15H23N3O3. The van der Waals surface area contributed by atoms with Crippen LogP contribution in [0.2, 0.25) is 0 Å². The lowest BCUT2D eigenvalue weighted by molar-refractivity contribution is -0.385. The number of aromatic nitrogens is 1. The number of anilines is 1. The standard InChI is InChI=1S/C15H23N3O3/c1-6-21-13-8-12(15(13,3)4)17(5)14-7-10(2)11(9-16-14)18(19)20/h7,9,12-13H,6,8H2,1-5H3. The summed E-state index contributed by atoms with van der Waals surface area (Å²) in [4.78, 5) is 16.8. The Bertz CT molecular complexity index is 545. The maximum Gasteiger partial charge on any atom is 0.290 e. The van der Waals surface area contributed by atoms with Crippen LogP contribution in [0.25, 0.3) is 0 Å². The molecule has 1 fully saturated rings. The van der Waals surface area contributed by atoms with Crippen LogP contribution in [0, 0.1) is 22.5 Å². The molecule has 1 aromatic rings. The molecule has 0 aliphatic heterocycles. The van der Waals surface area contributed by atoms with Crippen molar-refractivity contribution in [2.45, 2.75) is 46.3 Å². The van der Waals surface area contributed by atoms with Crippen molar-refractivity contribution < 1.29 is 9.66 Å². The lowest BCUT2D eigenvalue weighted by Crippen LogP contribution is -2.61. The van der Waals surface area contributed by atoms with E-state index < -0.39 is 4.92 Å². The second kappa shape index (κ2) is 5.60. The maximum absolute atomic E-state index is 10.9. The summed E-state index contributed by atoms with van der Waals surface area (Å²) in [6.07, 6.45) is 2.55. The van der Waals surface area contributed by atoms with Crippen LogP contribution in [-0.4, -0.2) is 35.7 Å². The summed E-state index contributed by atoms with van der Waals surface area (Å²) in [5.41, 5.74) is 0.741. The van der Waals surface area contributed by atoms with Gasteiger partial charge in [0.2, 0.25) is 0 Å². The first kappa shape index (κ1) is 15.7. The number of pyridine rings is 1. The quantitative estimate of drug-likeness (QED) is 0.616. The van der Waals surface area contributed by atoms with Crippen molar-refractivity contribution >= 4 is 11.5 Å². The number of nitrogens with zero attached hydrogens (tertiary/aromatic N) is 3. The molecule has 1 heterocycles. The van der Waals surface area contributed by atoms with Gasteiger partial charge in [0.25, 0.3) is 5.69 Å². The van der Waals surface area contributed by atoms with Crippen molar-refractivity contribution in [3.8, 4) is 0 Å². The fourth-order valence-corrected chi connectivity index (χ4v) is 3.08. The number of aryl methyl sites for hydroxylation is 1. The molecule has 0 aromatic carbocycles. The molecule has 21 heavy (non-hydrogen) atoms. The maximum atomic E-state index is 10.9. The van der Waals surface area contributed by atoms with E-state index in [1.54, 1.807) is 13.0 Å². The third-order valence-electron chi connectivity index (χ3n) is 4.59. The zero-order valence-electron chi connectivity index (χ0n) is 13.3. The van der Waals surface area contributed by atoms with Gasteiger partial charge in [-0.1, -0.05) is 13.8 Å². The van der Waals surface area contributed by atoms with Gasteiger partial charge in [-0.2, -0.15) is 0 Å². The Kier molecular flexibility index (Phi) is 4.18. The second-order valence-electron chi connectivity index (χ2n) is 6.21. The first-order chi connectivity index (χ1) is 9.78. The van der Waals surface area contributed by atoms with E-state index in [2.05, 4.69) is 23.7 Å². The predicted molar refractivity (Wildman–Crippen MR) is 81.6 cm³/mol. The Balaban J connectivity index is 2.16. The van der Waals surface area contributed by atoms with E-state index in [0.717, 1.165) is 18.8 Å². The van der Waals surface area contributed by atoms with E-state index >= 15 is 0 Å². The van der Waals surface area contributed by atoms with Crippen LogP contribution in [0.3, 0.4) is 0 Å². The van der Waals surface area contributed by atoms with Gasteiger partial charge < -0.3 is 9.64 Å². The minimum Gasteiger partial charge on any atom is -0.378 e. The summed E-state index contributed by atoms with van der Waals surface area (Å²) in [5.74, 6) is 0.770. The van der Waals surface area contributed by atoms with E-state index in [-0.39, 0.29) is 17.2 Å². The molecule has 0 radical (unpaired) electrons. The highest BCUT2D eigenvalue weighted by Gasteiger charge is 2.51. The van der Waals surface area contributed by atoms with E-state index in [1.165, 1.54) is 6.20 Å². The van der Waals surface area contributed by atoms with Gasteiger partial charge in [-0.3, -0.25) is 10.1 Å². The topological polar surface area (TPSA) is 68.5 Å². The molecule has 116 valence electrons. The van der Waals surface area contributed by atoms with Gasteiger partial charge in [-0.05, 0) is 26.3 Å². The molecule has 0 spiro atoms. The molecule has 6 nitrogen and oxygen atoms in total. The fraction of sp³-hybridized carbons (Fsp3) is 0.667. The van der Waals surface area contributed by atoms with Crippen LogP contribution >= 0.6 is 0 Å². The van der Waals surface area contributed by atoms with Gasteiger partial charge >= 0.3 is 0 Å². The van der Waals surface area contributed by atoms with Crippen LogP contribution in [-0.2, 0) is 4.74 Å². The molecule has 0 saturated heterocycles. The second-order valence-corrected chi connectivity index (χ2v) is 6.21. The number of rotatable bonds is 5. The van der Waals surface area contributed by atoms with Gasteiger partial charge in [-0.15, -0.1) is 0 Å². The van der Waals surface area contributed by atoms with E-state index in [9.17, 15) is 10.1 Å². The average Bonchev–Trinajstić information content (AvgIpc) is 2.41. The molecule has 0 N–H and O–H groups in total. The van der Waals surface area contributed by atoms with Gasteiger partial charge in [0, 0.05) is 30.7 Å². The Labute approximate surface area is 125 Å². The number of nitro groups is 1. The van der Waals surface area contributed by atoms with Crippen molar-refractivity contribution in [2.75, 3.05) is 18.6 Å². The summed E-state index contributed by atoms with van der Waals surface area (Å²) in [6.45, 7) is 8.85. The summed E-state index contributed by atoms with van der Waals surface area (Å²) >= 11 is 0. The minimum absolute atomic E-state index is 0.0438. The number of hydrogen-bond acceptors (Lipinski definition) is 5. The smallest absolute Gasteiger partial charge is 0.290 e. The molecule has 1 aromatic heterocycles. The van der Waals surface area contributed by atoms with Crippen LogP contribution in [0.1, 0.15) is 32.8 Å². The number of ether oxygens (including phenoxy) is 1. The van der Waals surface area contributed by atoms with Gasteiger partial charge in [0.15, 0.2) is 0 Å². The molecular weight excluding hydrogens is 270 g/mol. The summed E-state index contributed by atoms with van der Waals surface area (Å²) < 4.78 is 5.75. The average molecular weight is 293 g/mol. The zero-order chi connectivity index (χ0) is 15.8. The molecule has 0 amide bonds. The molecule has 1 aliphatic carbocycles. The molecule has 2 rings (SSSR count). The lowest BCUT2D eigenvalue weighted by Gasteiger charge is -2.55. The molecule has 1 saturated carbocycles. The monoisotopic (exact) mass is 293 g/mol. The largest absolute Gasteiger partial charge is 0.378 e. The molecule has 2 atom stereocenters. The van der Waals surface area contributed by atoms with Crippen LogP contribution < -0.4 is 4.90 Å². The van der Waals surface area contributed by atoms with Crippen molar-refractivity contribution in [3.05, 3.63) is 27.9 Å². The van der Waals surface area contributed by atoms with Crippen molar-refractivity contribution in [2.24, 2.45) is 5.41 Å². The summed E-state index contributed by atoms with van der Waals surface area (Å²) in [5, 5.41) is 10.9. The molecule has 6 heteroatoms. The van der Waals surface area contributed by atoms with E-state index in [1.807, 2.05) is 14.0 Å². The summed E-state index contributed by atoms with van der Waals surface area (Å²) in [7, 11) is 1.99. The van der Waals surface area contributed by atoms with Crippen LogP contribution in [0.15, 0.2) is 12.3 Å². The molecule has 1 aliphatic rings. The summed E-state index contributed by atoms with van der Waals surface area (Å²) in [6, 6.07) is 2.10. The normalized spacial score (nSPS) is 23.5. The first-order valence-electron chi connectivity index (χ1n) is 7.24. The fourth-order valence-electron chi connectivity index (χ4n) is 3.08. The minimum atomic E-state index is -0.398. The Morgan fingerprint density at radius 2 is 2.24 bits per heavy atom. The van der Waals surface area contributed by atoms with Crippen molar-refractivity contribution in [1.82, 2.24) is 4.98 Å². The molecule has 2 unspecified atom stereocenters. The Morgan fingerprint density at radius 3 is 2.71 bits per heavy atom. The van der Waals surface area contributed by atoms with Crippen molar-refractivity contribution in [1.29, 1.82) is 0 Å². The zero-order valence-corrected chi connectivity index (χ0v) is 13.3. The predicted octanol–water partition coefficient (Wildman–Crippen LogP) is 2.94. The highest BCUT2D eigenvalue weighted by molar-refractivity contribution is 5.49. The van der Waals surface area contributed by atoms with Gasteiger partial charge in [0.1, 0.15) is 12.0 Å². The van der Waals surface area contributed by atoms with Crippen LogP contribution in [0.4, 0.5) is 11.5 Å². The van der Waals surface area contributed by atoms with Crippen molar-refractivity contribution in [3.63, 3.8) is 0 Å². The third kappa shape index (κ3) is 2.72. The number of hydrogen-bond donors (Lipinski definition) is 0. The highest BCUT2D eigenvalue weighted by Crippen LogP contribution is 2.46. The SMILES string of the molecule is CCOC1CC(N(C)c2cc(C)c([N+](=O)[O-])cn2)C1(C)C.